The van der Waals surface area contributed by atoms with E-state index in [1.54, 1.807) is 6.92 Å². The lowest BCUT2D eigenvalue weighted by atomic mass is 10.0. The second kappa shape index (κ2) is 12.0. The highest BCUT2D eigenvalue weighted by Gasteiger charge is 2.33. The van der Waals surface area contributed by atoms with Crippen molar-refractivity contribution in [2.75, 3.05) is 13.2 Å². The number of hydrogen-bond acceptors (Lipinski definition) is 6. The highest BCUT2D eigenvalue weighted by Crippen LogP contribution is 2.20. The number of benzene rings is 1. The van der Waals surface area contributed by atoms with Crippen molar-refractivity contribution < 1.29 is 19.1 Å². The maximum absolute atomic E-state index is 13.1. The Bertz CT molecular complexity index is 1210. The first-order valence-corrected chi connectivity index (χ1v) is 13.5. The molecule has 38 heavy (non-hydrogen) atoms. The fraction of sp³-hybridized carbons (Fsp3) is 0.517. The second-order valence-electron chi connectivity index (χ2n) is 10.8. The van der Waals surface area contributed by atoms with Gasteiger partial charge in [-0.25, -0.2) is 5.43 Å². The van der Waals surface area contributed by atoms with Crippen molar-refractivity contribution in [3.05, 3.63) is 47.7 Å². The zero-order valence-electron chi connectivity index (χ0n) is 22.9. The maximum atomic E-state index is 13.1. The Morgan fingerprint density at radius 3 is 2.50 bits per heavy atom. The van der Waals surface area contributed by atoms with E-state index >= 15 is 0 Å². The summed E-state index contributed by atoms with van der Waals surface area (Å²) in [5.74, 6) is -0.812. The van der Waals surface area contributed by atoms with Crippen LogP contribution in [0.3, 0.4) is 0 Å². The van der Waals surface area contributed by atoms with E-state index in [1.807, 2.05) is 64.1 Å². The van der Waals surface area contributed by atoms with Gasteiger partial charge >= 0.3 is 0 Å². The van der Waals surface area contributed by atoms with E-state index in [9.17, 15) is 14.4 Å². The standard InChI is InChI=1S/C29H39N5O4/c1-17(2)26-28(36)31-20(5)29(37)34-14-6-7-24(33-34)27(35)30-19(4)23-13-12-22-11-10-21(15-25(22)32-23)9-8-18(3)16-38-26/h8-13,15,17-20,24,26,33H,6-7,14,16H2,1-5H3,(H,30,35)(H,31,36)/b9-8+/t18?,19-,20+,24+,26+/m1/s1. The highest BCUT2D eigenvalue weighted by molar-refractivity contribution is 5.90. The molecule has 5 atom stereocenters. The lowest BCUT2D eigenvalue weighted by molar-refractivity contribution is -0.146. The van der Waals surface area contributed by atoms with E-state index in [2.05, 4.69) is 22.1 Å². The lowest BCUT2D eigenvalue weighted by Gasteiger charge is -2.35. The minimum absolute atomic E-state index is 0.0666. The molecule has 2 aromatic rings. The number of rotatable bonds is 1. The molecular weight excluding hydrogens is 482 g/mol. The summed E-state index contributed by atoms with van der Waals surface area (Å²) in [6.45, 7) is 10.3. The van der Waals surface area contributed by atoms with Crippen LogP contribution in [0.4, 0.5) is 0 Å². The number of hydrogen-bond donors (Lipinski definition) is 3. The van der Waals surface area contributed by atoms with Crippen molar-refractivity contribution in [3.8, 4) is 0 Å². The SMILES string of the molecule is CC1/C=C/c2ccc3ccc(nc3c2)[C@@H](C)NC(=O)[C@@H]2CCCN(N2)C(=O)[C@H](C)NC(=O)[C@H](C(C)C)OC1. The first kappa shape index (κ1) is 27.7. The molecule has 0 spiro atoms. The Morgan fingerprint density at radius 2 is 1.74 bits per heavy atom. The minimum Gasteiger partial charge on any atom is -0.368 e. The average Bonchev–Trinajstić information content (AvgIpc) is 2.90. The first-order valence-electron chi connectivity index (χ1n) is 13.5. The number of aromatic nitrogens is 1. The predicted molar refractivity (Wildman–Crippen MR) is 147 cm³/mol. The van der Waals surface area contributed by atoms with Crippen molar-refractivity contribution in [1.29, 1.82) is 0 Å². The molecule has 2 aliphatic heterocycles. The third-order valence-corrected chi connectivity index (χ3v) is 7.06. The summed E-state index contributed by atoms with van der Waals surface area (Å²) in [6.07, 6.45) is 4.67. The molecule has 1 unspecified atom stereocenters. The maximum Gasteiger partial charge on any atom is 0.258 e. The minimum atomic E-state index is -0.769. The van der Waals surface area contributed by atoms with E-state index < -0.39 is 18.2 Å². The van der Waals surface area contributed by atoms with Gasteiger partial charge in [-0.2, -0.15) is 0 Å². The number of carbonyl (C=O) groups excluding carboxylic acids is 3. The van der Waals surface area contributed by atoms with Gasteiger partial charge in [0.15, 0.2) is 0 Å². The Balaban J connectivity index is 1.64. The van der Waals surface area contributed by atoms with Gasteiger partial charge in [-0.3, -0.25) is 24.4 Å². The zero-order chi connectivity index (χ0) is 27.4. The van der Waals surface area contributed by atoms with Gasteiger partial charge in [0.1, 0.15) is 18.2 Å². The first-order chi connectivity index (χ1) is 18.1. The molecule has 3 amide bonds. The monoisotopic (exact) mass is 521 g/mol. The van der Waals surface area contributed by atoms with E-state index in [4.69, 9.17) is 9.72 Å². The fourth-order valence-electron chi connectivity index (χ4n) is 4.77. The number of fused-ring (bicyclic) bond motifs is 4. The van der Waals surface area contributed by atoms with Crippen molar-refractivity contribution in [2.45, 2.75) is 71.7 Å². The molecule has 9 nitrogen and oxygen atoms in total. The van der Waals surface area contributed by atoms with Crippen LogP contribution in [-0.4, -0.2) is 59.1 Å². The highest BCUT2D eigenvalue weighted by atomic mass is 16.5. The van der Waals surface area contributed by atoms with Gasteiger partial charge in [0.05, 0.1) is 23.9 Å². The van der Waals surface area contributed by atoms with Crippen LogP contribution in [0.15, 0.2) is 36.4 Å². The summed E-state index contributed by atoms with van der Waals surface area (Å²) in [6, 6.07) is 8.40. The van der Waals surface area contributed by atoms with Crippen LogP contribution in [0.5, 0.6) is 0 Å². The van der Waals surface area contributed by atoms with E-state index in [0.717, 1.165) is 22.2 Å². The molecule has 3 heterocycles. The predicted octanol–water partition coefficient (Wildman–Crippen LogP) is 3.12. The van der Waals surface area contributed by atoms with Gasteiger partial charge < -0.3 is 15.4 Å². The number of pyridine rings is 1. The third-order valence-electron chi connectivity index (χ3n) is 7.06. The van der Waals surface area contributed by atoms with Gasteiger partial charge in [-0.1, -0.05) is 51.1 Å². The summed E-state index contributed by atoms with van der Waals surface area (Å²) in [5.41, 5.74) is 5.68. The smallest absolute Gasteiger partial charge is 0.258 e. The Hall–Kier alpha value is -3.30. The summed E-state index contributed by atoms with van der Waals surface area (Å²) < 4.78 is 6.03. The number of amides is 3. The van der Waals surface area contributed by atoms with Crippen LogP contribution in [0.25, 0.3) is 17.0 Å². The van der Waals surface area contributed by atoms with Crippen LogP contribution in [0, 0.1) is 11.8 Å². The number of ether oxygens (including phenoxy) is 1. The summed E-state index contributed by atoms with van der Waals surface area (Å²) in [5, 5.41) is 8.31. The van der Waals surface area contributed by atoms with E-state index in [-0.39, 0.29) is 35.6 Å². The number of carbonyl (C=O) groups is 3. The molecule has 5 bridgehead atoms. The van der Waals surface area contributed by atoms with Gasteiger partial charge in [-0.05, 0) is 56.2 Å². The van der Waals surface area contributed by atoms with E-state index in [0.29, 0.717) is 26.0 Å². The fourth-order valence-corrected chi connectivity index (χ4v) is 4.77. The van der Waals surface area contributed by atoms with Gasteiger partial charge in [0.2, 0.25) is 11.8 Å². The van der Waals surface area contributed by atoms with Crippen molar-refractivity contribution in [2.24, 2.45) is 11.8 Å². The average molecular weight is 522 g/mol. The van der Waals surface area contributed by atoms with Crippen LogP contribution in [0.2, 0.25) is 0 Å². The number of nitrogens with one attached hydrogen (secondary N) is 3. The molecule has 0 aliphatic carbocycles. The summed E-state index contributed by atoms with van der Waals surface area (Å²) in [4.78, 5) is 44.1. The normalized spacial score (nSPS) is 28.7. The Kier molecular flexibility index (Phi) is 8.79. The van der Waals surface area contributed by atoms with Crippen LogP contribution in [0.1, 0.15) is 64.8 Å². The van der Waals surface area contributed by atoms with E-state index in [1.165, 1.54) is 5.01 Å². The second-order valence-corrected chi connectivity index (χ2v) is 10.8. The molecule has 0 radical (unpaired) electrons. The molecule has 1 aromatic heterocycles. The number of nitrogens with zero attached hydrogens (tertiary/aromatic N) is 2. The van der Waals surface area contributed by atoms with Crippen LogP contribution in [-0.2, 0) is 19.1 Å². The van der Waals surface area contributed by atoms with Gasteiger partial charge in [0, 0.05) is 11.9 Å². The number of hydrazine groups is 1. The molecule has 1 aromatic carbocycles. The molecular formula is C29H39N5O4. The quantitative estimate of drug-likeness (QED) is 0.532. The molecule has 1 saturated heterocycles. The van der Waals surface area contributed by atoms with Crippen molar-refractivity contribution >= 4 is 34.7 Å². The largest absolute Gasteiger partial charge is 0.368 e. The van der Waals surface area contributed by atoms with Crippen molar-refractivity contribution in [1.82, 2.24) is 26.1 Å². The molecule has 204 valence electrons. The summed E-state index contributed by atoms with van der Waals surface area (Å²) >= 11 is 0. The third kappa shape index (κ3) is 6.57. The Labute approximate surface area is 224 Å². The molecule has 2 aliphatic rings. The van der Waals surface area contributed by atoms with Gasteiger partial charge in [0.25, 0.3) is 5.91 Å². The molecule has 1 fully saturated rings. The summed E-state index contributed by atoms with van der Waals surface area (Å²) in [7, 11) is 0. The topological polar surface area (TPSA) is 113 Å². The molecule has 4 rings (SSSR count). The van der Waals surface area contributed by atoms with Crippen molar-refractivity contribution in [3.63, 3.8) is 0 Å². The Morgan fingerprint density at radius 1 is 1.00 bits per heavy atom. The van der Waals surface area contributed by atoms with Crippen LogP contribution < -0.4 is 16.1 Å². The molecule has 9 heteroatoms. The molecule has 3 N–H and O–H groups in total. The lowest BCUT2D eigenvalue weighted by Crippen LogP contribution is -2.61. The zero-order valence-corrected chi connectivity index (χ0v) is 22.9. The van der Waals surface area contributed by atoms with Crippen LogP contribution >= 0.6 is 0 Å². The molecule has 0 saturated carbocycles. The van der Waals surface area contributed by atoms with Gasteiger partial charge in [-0.15, -0.1) is 0 Å².